The van der Waals surface area contributed by atoms with Gasteiger partial charge in [0.15, 0.2) is 0 Å². The van der Waals surface area contributed by atoms with Gasteiger partial charge in [0.05, 0.1) is 6.04 Å². The number of amides is 1. The molecule has 1 N–H and O–H groups in total. The molecule has 0 aromatic heterocycles. The standard InChI is InChI=1S/C44H44N2O2/c47-41-21-10-8-13-31(41)24-29-42(48)46(34-17-5-2-6-18-34)44(45-33-15-3-1-4-16-33)40-20-11-14-32-23-26-38-37-25-22-30-12-7-9-19-35(30)36(37)27-28-39(38)43(32)40/h7-14,19,21-29,33-34,40,47H,1-6,15-18,20H2/b29-24+,45-44+. The first-order valence-electron chi connectivity index (χ1n) is 18.1. The SMILES string of the molecule is O=C(/C=C/c1ccccc1O)N(/C(=N/C1CCCCC1)C1CC=Cc2ccc3c(ccc4c5ccccc5ccc34)c21)C1CCCCC1. The molecule has 1 amide bonds. The van der Waals surface area contributed by atoms with Crippen molar-refractivity contribution in [1.82, 2.24) is 4.90 Å². The highest BCUT2D eigenvalue weighted by Crippen LogP contribution is 2.42. The predicted octanol–water partition coefficient (Wildman–Crippen LogP) is 11.0. The first-order valence-corrected chi connectivity index (χ1v) is 18.1. The second kappa shape index (κ2) is 13.4. The smallest absolute Gasteiger partial charge is 0.252 e. The summed E-state index contributed by atoms with van der Waals surface area (Å²) < 4.78 is 0. The maximum Gasteiger partial charge on any atom is 0.252 e. The normalized spacial score (nSPS) is 19.3. The van der Waals surface area contributed by atoms with Crippen LogP contribution in [0.2, 0.25) is 0 Å². The third kappa shape index (κ3) is 5.83. The Morgan fingerprint density at radius 3 is 2.21 bits per heavy atom. The number of aliphatic imine (C=N–C) groups is 1. The molecular weight excluding hydrogens is 588 g/mol. The molecule has 0 radical (unpaired) electrons. The number of amidine groups is 1. The third-order valence-electron chi connectivity index (χ3n) is 11.0. The number of phenolic OH excluding ortho intramolecular Hbond substituents is 1. The number of aromatic hydroxyl groups is 1. The van der Waals surface area contributed by atoms with E-state index in [9.17, 15) is 9.90 Å². The fourth-order valence-corrected chi connectivity index (χ4v) is 8.57. The molecule has 8 rings (SSSR count). The molecule has 0 aliphatic heterocycles. The van der Waals surface area contributed by atoms with E-state index in [0.717, 1.165) is 50.8 Å². The van der Waals surface area contributed by atoms with Gasteiger partial charge in [-0.1, -0.05) is 130 Å². The van der Waals surface area contributed by atoms with Gasteiger partial charge in [-0.2, -0.15) is 0 Å². The summed E-state index contributed by atoms with van der Waals surface area (Å²) in [4.78, 5) is 22.3. The van der Waals surface area contributed by atoms with Crippen LogP contribution in [0.25, 0.3) is 44.5 Å². The van der Waals surface area contributed by atoms with E-state index >= 15 is 0 Å². The van der Waals surface area contributed by atoms with Gasteiger partial charge in [0, 0.05) is 23.6 Å². The zero-order valence-electron chi connectivity index (χ0n) is 27.7. The van der Waals surface area contributed by atoms with Crippen LogP contribution in [0.5, 0.6) is 5.75 Å². The van der Waals surface area contributed by atoms with Crippen LogP contribution in [-0.2, 0) is 4.79 Å². The lowest BCUT2D eigenvalue weighted by Gasteiger charge is -2.39. The van der Waals surface area contributed by atoms with Crippen molar-refractivity contribution < 1.29 is 9.90 Å². The first kappa shape index (κ1) is 30.6. The number of fused-ring (bicyclic) bond motifs is 7. The van der Waals surface area contributed by atoms with Gasteiger partial charge in [-0.15, -0.1) is 0 Å². The summed E-state index contributed by atoms with van der Waals surface area (Å²) in [5, 5.41) is 18.0. The number of hydrogen-bond acceptors (Lipinski definition) is 3. The molecule has 0 saturated heterocycles. The lowest BCUT2D eigenvalue weighted by Crippen LogP contribution is -2.48. The molecule has 0 heterocycles. The van der Waals surface area contributed by atoms with E-state index in [-0.39, 0.29) is 29.7 Å². The van der Waals surface area contributed by atoms with Crippen LogP contribution < -0.4 is 0 Å². The van der Waals surface area contributed by atoms with Crippen LogP contribution in [-0.4, -0.2) is 33.8 Å². The average molecular weight is 633 g/mol. The zero-order valence-corrected chi connectivity index (χ0v) is 27.7. The van der Waals surface area contributed by atoms with E-state index in [1.807, 2.05) is 18.2 Å². The molecule has 4 nitrogen and oxygen atoms in total. The summed E-state index contributed by atoms with van der Waals surface area (Å²) in [5.41, 5.74) is 3.16. The Hall–Kier alpha value is -4.70. The van der Waals surface area contributed by atoms with E-state index in [0.29, 0.717) is 5.56 Å². The van der Waals surface area contributed by atoms with Gasteiger partial charge in [0.1, 0.15) is 11.6 Å². The molecule has 242 valence electrons. The first-order chi connectivity index (χ1) is 23.7. The van der Waals surface area contributed by atoms with E-state index < -0.39 is 0 Å². The van der Waals surface area contributed by atoms with E-state index in [1.165, 1.54) is 69.1 Å². The number of para-hydroxylation sites is 1. The van der Waals surface area contributed by atoms with Crippen LogP contribution in [0.4, 0.5) is 0 Å². The Morgan fingerprint density at radius 1 is 0.708 bits per heavy atom. The molecular formula is C44H44N2O2. The maximum atomic E-state index is 14.6. The molecule has 48 heavy (non-hydrogen) atoms. The fourth-order valence-electron chi connectivity index (χ4n) is 8.57. The van der Waals surface area contributed by atoms with Crippen molar-refractivity contribution in [1.29, 1.82) is 0 Å². The summed E-state index contributed by atoms with van der Waals surface area (Å²) >= 11 is 0. The Labute approximate surface area is 283 Å². The number of carbonyl (C=O) groups excluding carboxylic acids is 1. The van der Waals surface area contributed by atoms with Gasteiger partial charge < -0.3 is 5.11 Å². The van der Waals surface area contributed by atoms with Gasteiger partial charge in [-0.25, -0.2) is 0 Å². The minimum Gasteiger partial charge on any atom is -0.507 e. The molecule has 0 spiro atoms. The highest BCUT2D eigenvalue weighted by molar-refractivity contribution is 6.19. The van der Waals surface area contributed by atoms with Crippen molar-refractivity contribution in [2.45, 2.75) is 88.6 Å². The topological polar surface area (TPSA) is 52.9 Å². The van der Waals surface area contributed by atoms with Crippen LogP contribution in [0.3, 0.4) is 0 Å². The Bertz CT molecular complexity index is 2080. The van der Waals surface area contributed by atoms with Crippen molar-refractivity contribution in [3.63, 3.8) is 0 Å². The van der Waals surface area contributed by atoms with Crippen LogP contribution in [0, 0.1) is 0 Å². The van der Waals surface area contributed by atoms with Gasteiger partial charge in [0.25, 0.3) is 5.91 Å². The van der Waals surface area contributed by atoms with Crippen LogP contribution >= 0.6 is 0 Å². The van der Waals surface area contributed by atoms with Gasteiger partial charge >= 0.3 is 0 Å². The van der Waals surface area contributed by atoms with Gasteiger partial charge in [-0.3, -0.25) is 14.7 Å². The summed E-state index contributed by atoms with van der Waals surface area (Å²) in [6, 6.07) is 29.9. The van der Waals surface area contributed by atoms with Crippen LogP contribution in [0.1, 0.15) is 93.2 Å². The maximum absolute atomic E-state index is 14.6. The van der Waals surface area contributed by atoms with E-state index in [2.05, 4.69) is 77.7 Å². The number of nitrogens with zero attached hydrogens (tertiary/aromatic N) is 2. The van der Waals surface area contributed by atoms with Crippen molar-refractivity contribution >= 4 is 56.2 Å². The lowest BCUT2D eigenvalue weighted by molar-refractivity contribution is -0.124. The molecule has 1 unspecified atom stereocenters. The molecule has 3 aliphatic rings. The molecule has 3 aliphatic carbocycles. The largest absolute Gasteiger partial charge is 0.507 e. The number of hydrogen-bond donors (Lipinski definition) is 1. The minimum atomic E-state index is -0.0343. The second-order valence-corrected chi connectivity index (χ2v) is 14.0. The number of rotatable bonds is 5. The molecule has 5 aromatic carbocycles. The van der Waals surface area contributed by atoms with Crippen LogP contribution in [0.15, 0.2) is 102 Å². The molecule has 2 saturated carbocycles. The molecule has 0 bridgehead atoms. The number of carbonyl (C=O) groups is 1. The molecule has 4 heteroatoms. The quantitative estimate of drug-likeness (QED) is 0.0907. The Kier molecular flexibility index (Phi) is 8.57. The van der Waals surface area contributed by atoms with E-state index in [1.54, 1.807) is 18.2 Å². The highest BCUT2D eigenvalue weighted by Gasteiger charge is 2.36. The minimum absolute atomic E-state index is 0.0297. The number of phenols is 1. The highest BCUT2D eigenvalue weighted by atomic mass is 16.3. The summed E-state index contributed by atoms with van der Waals surface area (Å²) in [7, 11) is 0. The van der Waals surface area contributed by atoms with Crippen molar-refractivity contribution in [2.75, 3.05) is 0 Å². The lowest BCUT2D eigenvalue weighted by atomic mass is 9.80. The number of benzene rings is 5. The molecule has 2 fully saturated rings. The third-order valence-corrected chi connectivity index (χ3v) is 11.0. The van der Waals surface area contributed by atoms with Crippen molar-refractivity contribution in [2.24, 2.45) is 4.99 Å². The molecule has 5 aromatic rings. The Morgan fingerprint density at radius 2 is 1.38 bits per heavy atom. The fraction of sp³-hybridized carbons (Fsp3) is 0.318. The average Bonchev–Trinajstić information content (AvgIpc) is 3.14. The van der Waals surface area contributed by atoms with Crippen molar-refractivity contribution in [3.8, 4) is 5.75 Å². The van der Waals surface area contributed by atoms with E-state index in [4.69, 9.17) is 4.99 Å². The van der Waals surface area contributed by atoms with Gasteiger partial charge in [0.2, 0.25) is 0 Å². The van der Waals surface area contributed by atoms with Gasteiger partial charge in [-0.05, 0) is 87.7 Å². The van der Waals surface area contributed by atoms with Crippen molar-refractivity contribution in [3.05, 3.63) is 114 Å². The Balaban J connectivity index is 1.30. The molecule has 1 atom stereocenters. The summed E-state index contributed by atoms with van der Waals surface area (Å²) in [5.74, 6) is 1.06. The number of allylic oxidation sites excluding steroid dienone is 1. The summed E-state index contributed by atoms with van der Waals surface area (Å²) in [6.45, 7) is 0. The predicted molar refractivity (Wildman–Crippen MR) is 201 cm³/mol. The second-order valence-electron chi connectivity index (χ2n) is 14.0. The zero-order chi connectivity index (χ0) is 32.5. The summed E-state index contributed by atoms with van der Waals surface area (Å²) in [6.07, 6.45) is 20.0. The monoisotopic (exact) mass is 632 g/mol.